The van der Waals surface area contributed by atoms with Crippen molar-refractivity contribution in [2.24, 2.45) is 0 Å². The van der Waals surface area contributed by atoms with Crippen LogP contribution in [0.4, 0.5) is 0 Å². The van der Waals surface area contributed by atoms with Gasteiger partial charge < -0.3 is 20.1 Å². The Morgan fingerprint density at radius 2 is 1.78 bits per heavy atom. The van der Waals surface area contributed by atoms with Crippen LogP contribution in [0.25, 0.3) is 6.08 Å². The molecule has 0 radical (unpaired) electrons. The summed E-state index contributed by atoms with van der Waals surface area (Å²) in [7, 11) is 1.46. The molecule has 2 N–H and O–H groups in total. The molecule has 1 fully saturated rings. The van der Waals surface area contributed by atoms with E-state index in [1.54, 1.807) is 24.3 Å². The van der Waals surface area contributed by atoms with Crippen molar-refractivity contribution in [3.05, 3.63) is 29.5 Å². The second-order valence-corrected chi connectivity index (χ2v) is 6.55. The minimum Gasteiger partial charge on any atom is -0.493 e. The van der Waals surface area contributed by atoms with E-state index in [0.717, 1.165) is 25.7 Å². The lowest BCUT2D eigenvalue weighted by molar-refractivity contribution is -0.132. The van der Waals surface area contributed by atoms with Gasteiger partial charge in [-0.2, -0.15) is 0 Å². The van der Waals surface area contributed by atoms with Crippen molar-refractivity contribution in [2.75, 3.05) is 7.11 Å². The van der Waals surface area contributed by atoms with Crippen LogP contribution in [-0.2, 0) is 14.4 Å². The number of carbonyl (C=O) groups excluding carboxylic acids is 3. The first kappa shape index (κ1) is 20.5. The van der Waals surface area contributed by atoms with E-state index in [2.05, 4.69) is 10.6 Å². The summed E-state index contributed by atoms with van der Waals surface area (Å²) < 4.78 is 10.3. The molecule has 7 nitrogen and oxygen atoms in total. The zero-order valence-corrected chi connectivity index (χ0v) is 16.0. The first-order valence-corrected chi connectivity index (χ1v) is 9.05. The Bertz CT molecular complexity index is 736. The Hall–Kier alpha value is -2.83. The topological polar surface area (TPSA) is 93.7 Å². The van der Waals surface area contributed by atoms with E-state index < -0.39 is 5.97 Å². The Morgan fingerprint density at radius 3 is 2.37 bits per heavy atom. The fraction of sp³-hybridized carbons (Fsp3) is 0.450. The standard InChI is InChI=1S/C20H26N2O5/c1-13(23)21-17(20(25)22-16-7-5-4-6-8-16)11-15-9-10-18(27-14(2)24)19(12-15)26-3/h9-12,16H,4-8H2,1-3H3,(H,21,23)(H,22,25). The van der Waals surface area contributed by atoms with Crippen LogP contribution in [0.2, 0.25) is 0 Å². The number of ether oxygens (including phenoxy) is 2. The lowest BCUT2D eigenvalue weighted by Crippen LogP contribution is -2.40. The molecule has 0 spiro atoms. The monoisotopic (exact) mass is 374 g/mol. The molecule has 2 rings (SSSR count). The molecular weight excluding hydrogens is 348 g/mol. The normalized spacial score (nSPS) is 15.0. The van der Waals surface area contributed by atoms with E-state index >= 15 is 0 Å². The number of benzene rings is 1. The molecular formula is C20H26N2O5. The van der Waals surface area contributed by atoms with Crippen LogP contribution in [0.3, 0.4) is 0 Å². The van der Waals surface area contributed by atoms with Gasteiger partial charge in [-0.05, 0) is 36.6 Å². The molecule has 1 aromatic rings. The van der Waals surface area contributed by atoms with E-state index in [4.69, 9.17) is 9.47 Å². The molecule has 2 amide bonds. The number of hydrogen-bond acceptors (Lipinski definition) is 5. The molecule has 1 aliphatic rings. The van der Waals surface area contributed by atoms with Crippen LogP contribution in [0.1, 0.15) is 51.5 Å². The summed E-state index contributed by atoms with van der Waals surface area (Å²) in [4.78, 5) is 35.3. The maximum atomic E-state index is 12.6. The average Bonchev–Trinajstić information content (AvgIpc) is 2.62. The number of methoxy groups -OCH3 is 1. The molecule has 1 aromatic carbocycles. The quantitative estimate of drug-likeness (QED) is 0.453. The van der Waals surface area contributed by atoms with Crippen molar-refractivity contribution in [1.29, 1.82) is 0 Å². The van der Waals surface area contributed by atoms with E-state index in [1.807, 2.05) is 0 Å². The highest BCUT2D eigenvalue weighted by Crippen LogP contribution is 2.29. The number of rotatable bonds is 6. The Balaban J connectivity index is 2.23. The third kappa shape index (κ3) is 6.44. The maximum Gasteiger partial charge on any atom is 0.308 e. The first-order valence-electron chi connectivity index (χ1n) is 9.05. The van der Waals surface area contributed by atoms with Crippen LogP contribution >= 0.6 is 0 Å². The van der Waals surface area contributed by atoms with Crippen molar-refractivity contribution < 1.29 is 23.9 Å². The highest BCUT2D eigenvalue weighted by molar-refractivity contribution is 6.01. The summed E-state index contributed by atoms with van der Waals surface area (Å²) in [5.74, 6) is -0.463. The lowest BCUT2D eigenvalue weighted by Gasteiger charge is -2.23. The van der Waals surface area contributed by atoms with Crippen molar-refractivity contribution in [3.8, 4) is 11.5 Å². The van der Waals surface area contributed by atoms with E-state index in [-0.39, 0.29) is 29.3 Å². The van der Waals surface area contributed by atoms with Gasteiger partial charge in [-0.3, -0.25) is 14.4 Å². The van der Waals surface area contributed by atoms with Gasteiger partial charge in [0.2, 0.25) is 5.91 Å². The first-order chi connectivity index (χ1) is 12.9. The van der Waals surface area contributed by atoms with Gasteiger partial charge in [0.25, 0.3) is 5.91 Å². The highest BCUT2D eigenvalue weighted by Gasteiger charge is 2.19. The van der Waals surface area contributed by atoms with Crippen LogP contribution in [0.15, 0.2) is 23.9 Å². The summed E-state index contributed by atoms with van der Waals surface area (Å²) in [6, 6.07) is 5.02. The second kappa shape index (κ2) is 9.75. The molecule has 0 saturated heterocycles. The Labute approximate surface area is 159 Å². The molecule has 7 heteroatoms. The van der Waals surface area contributed by atoms with Crippen LogP contribution in [0, 0.1) is 0 Å². The van der Waals surface area contributed by atoms with Crippen LogP contribution in [0.5, 0.6) is 11.5 Å². The fourth-order valence-electron chi connectivity index (χ4n) is 3.04. The SMILES string of the molecule is COc1cc(C=C(NC(C)=O)C(=O)NC2CCCCC2)ccc1OC(C)=O. The van der Waals surface area contributed by atoms with E-state index in [1.165, 1.54) is 27.4 Å². The predicted molar refractivity (Wildman–Crippen MR) is 101 cm³/mol. The van der Waals surface area contributed by atoms with E-state index in [9.17, 15) is 14.4 Å². The molecule has 1 saturated carbocycles. The maximum absolute atomic E-state index is 12.6. The van der Waals surface area contributed by atoms with Crippen LogP contribution < -0.4 is 20.1 Å². The second-order valence-electron chi connectivity index (χ2n) is 6.55. The minimum atomic E-state index is -0.456. The fourth-order valence-corrected chi connectivity index (χ4v) is 3.04. The van der Waals surface area contributed by atoms with Gasteiger partial charge in [-0.15, -0.1) is 0 Å². The number of amides is 2. The number of esters is 1. The summed E-state index contributed by atoms with van der Waals surface area (Å²) in [6.07, 6.45) is 6.85. The van der Waals surface area contributed by atoms with Gasteiger partial charge >= 0.3 is 5.97 Å². The number of nitrogens with one attached hydrogen (secondary N) is 2. The minimum absolute atomic E-state index is 0.129. The van der Waals surface area contributed by atoms with Gasteiger partial charge in [-0.25, -0.2) is 0 Å². The molecule has 0 atom stereocenters. The summed E-state index contributed by atoms with van der Waals surface area (Å²) >= 11 is 0. The third-order valence-electron chi connectivity index (χ3n) is 4.25. The van der Waals surface area contributed by atoms with E-state index in [0.29, 0.717) is 11.3 Å². The molecule has 0 bridgehead atoms. The summed E-state index contributed by atoms with van der Waals surface area (Å²) in [5, 5.41) is 5.57. The molecule has 0 aromatic heterocycles. The smallest absolute Gasteiger partial charge is 0.308 e. The molecule has 146 valence electrons. The molecule has 27 heavy (non-hydrogen) atoms. The van der Waals surface area contributed by atoms with Gasteiger partial charge in [0.15, 0.2) is 11.5 Å². The Morgan fingerprint density at radius 1 is 1.07 bits per heavy atom. The Kier molecular flexibility index (Phi) is 7.40. The number of hydrogen-bond donors (Lipinski definition) is 2. The zero-order valence-electron chi connectivity index (χ0n) is 16.0. The van der Waals surface area contributed by atoms with Crippen molar-refractivity contribution in [1.82, 2.24) is 10.6 Å². The van der Waals surface area contributed by atoms with Crippen molar-refractivity contribution in [2.45, 2.75) is 52.0 Å². The largest absolute Gasteiger partial charge is 0.493 e. The molecule has 0 heterocycles. The lowest BCUT2D eigenvalue weighted by atomic mass is 9.95. The zero-order chi connectivity index (χ0) is 19.8. The highest BCUT2D eigenvalue weighted by atomic mass is 16.6. The van der Waals surface area contributed by atoms with Gasteiger partial charge in [0.05, 0.1) is 7.11 Å². The van der Waals surface area contributed by atoms with Gasteiger partial charge in [-0.1, -0.05) is 25.3 Å². The van der Waals surface area contributed by atoms with Crippen molar-refractivity contribution >= 4 is 23.9 Å². The van der Waals surface area contributed by atoms with Gasteiger partial charge in [0, 0.05) is 19.9 Å². The van der Waals surface area contributed by atoms with Crippen molar-refractivity contribution in [3.63, 3.8) is 0 Å². The molecule has 1 aliphatic carbocycles. The molecule has 0 aliphatic heterocycles. The number of carbonyl (C=O) groups is 3. The average molecular weight is 374 g/mol. The van der Waals surface area contributed by atoms with Gasteiger partial charge in [0.1, 0.15) is 5.70 Å². The molecule has 0 unspecified atom stereocenters. The summed E-state index contributed by atoms with van der Waals surface area (Å²) in [6.45, 7) is 2.66. The third-order valence-corrected chi connectivity index (χ3v) is 4.25. The summed E-state index contributed by atoms with van der Waals surface area (Å²) in [5.41, 5.74) is 0.792. The van der Waals surface area contributed by atoms with Crippen LogP contribution in [-0.4, -0.2) is 30.9 Å². The predicted octanol–water partition coefficient (Wildman–Crippen LogP) is 2.55.